The smallest absolute Gasteiger partial charge is 0.132 e. The first-order valence-electron chi connectivity index (χ1n) is 5.01. The van der Waals surface area contributed by atoms with E-state index in [4.69, 9.17) is 5.26 Å². The Morgan fingerprint density at radius 2 is 2.18 bits per heavy atom. The number of nitrogens with one attached hydrogen (secondary N) is 1. The molecule has 0 saturated heterocycles. The lowest BCUT2D eigenvalue weighted by atomic mass is 10.2. The quantitative estimate of drug-likeness (QED) is 0.907. The van der Waals surface area contributed by atoms with E-state index in [-0.39, 0.29) is 0 Å². The van der Waals surface area contributed by atoms with Gasteiger partial charge in [-0.25, -0.2) is 0 Å². The summed E-state index contributed by atoms with van der Waals surface area (Å²) in [7, 11) is 0. The van der Waals surface area contributed by atoms with E-state index in [1.165, 1.54) is 11.5 Å². The average molecular weight is 308 g/mol. The third-order valence-electron chi connectivity index (χ3n) is 2.42. The van der Waals surface area contributed by atoms with Crippen molar-refractivity contribution in [2.45, 2.75) is 13.8 Å². The Morgan fingerprint density at radius 1 is 1.41 bits per heavy atom. The van der Waals surface area contributed by atoms with Gasteiger partial charge in [0.1, 0.15) is 16.6 Å². The van der Waals surface area contributed by atoms with Gasteiger partial charge in [-0.15, -0.1) is 0 Å². The maximum absolute atomic E-state index is 9.06. The second-order valence-electron chi connectivity index (χ2n) is 3.67. The fraction of sp³-hybridized carbons (Fsp3) is 0.167. The number of rotatable bonds is 2. The first-order chi connectivity index (χ1) is 8.11. The lowest BCUT2D eigenvalue weighted by molar-refractivity contribution is 1.31. The van der Waals surface area contributed by atoms with Crippen LogP contribution in [-0.2, 0) is 0 Å². The summed E-state index contributed by atoms with van der Waals surface area (Å²) in [6.07, 6.45) is 0. The van der Waals surface area contributed by atoms with Gasteiger partial charge in [0, 0.05) is 10.2 Å². The number of nitriles is 1. The Hall–Kier alpha value is -1.38. The summed E-state index contributed by atoms with van der Waals surface area (Å²) in [6.45, 7) is 3.86. The number of aryl methyl sites for hydroxylation is 2. The molecule has 86 valence electrons. The van der Waals surface area contributed by atoms with E-state index < -0.39 is 0 Å². The SMILES string of the molecule is Cc1ccc(Br)cc1Nc1snc(C)c1C#N. The Labute approximate surface area is 112 Å². The summed E-state index contributed by atoms with van der Waals surface area (Å²) in [5.74, 6) is 0. The van der Waals surface area contributed by atoms with E-state index in [0.717, 1.165) is 26.4 Å². The van der Waals surface area contributed by atoms with Crippen molar-refractivity contribution in [2.24, 2.45) is 0 Å². The molecule has 17 heavy (non-hydrogen) atoms. The molecule has 0 atom stereocenters. The molecule has 0 fully saturated rings. The summed E-state index contributed by atoms with van der Waals surface area (Å²) in [5, 5.41) is 13.1. The summed E-state index contributed by atoms with van der Waals surface area (Å²) in [4.78, 5) is 0. The van der Waals surface area contributed by atoms with Gasteiger partial charge in [0.05, 0.1) is 5.69 Å². The van der Waals surface area contributed by atoms with E-state index in [9.17, 15) is 0 Å². The monoisotopic (exact) mass is 307 g/mol. The number of nitrogens with zero attached hydrogens (tertiary/aromatic N) is 2. The van der Waals surface area contributed by atoms with Gasteiger partial charge in [-0.1, -0.05) is 22.0 Å². The summed E-state index contributed by atoms with van der Waals surface area (Å²) >= 11 is 4.74. The van der Waals surface area contributed by atoms with Crippen LogP contribution in [0.2, 0.25) is 0 Å². The molecule has 3 nitrogen and oxygen atoms in total. The predicted octanol–water partition coefficient (Wildman–Crippen LogP) is 4.14. The number of hydrogen-bond donors (Lipinski definition) is 1. The molecule has 1 N–H and O–H groups in total. The van der Waals surface area contributed by atoms with Crippen molar-refractivity contribution in [1.82, 2.24) is 4.37 Å². The van der Waals surface area contributed by atoms with Crippen LogP contribution in [0, 0.1) is 25.2 Å². The van der Waals surface area contributed by atoms with Gasteiger partial charge in [-0.3, -0.25) is 0 Å². The van der Waals surface area contributed by atoms with Crippen LogP contribution in [-0.4, -0.2) is 4.37 Å². The minimum absolute atomic E-state index is 0.620. The van der Waals surface area contributed by atoms with Crippen LogP contribution in [0.1, 0.15) is 16.8 Å². The Bertz CT molecular complexity index is 598. The van der Waals surface area contributed by atoms with Crippen LogP contribution in [0.5, 0.6) is 0 Å². The van der Waals surface area contributed by atoms with Crippen molar-refractivity contribution in [2.75, 3.05) is 5.32 Å². The van der Waals surface area contributed by atoms with Crippen molar-refractivity contribution < 1.29 is 0 Å². The number of halogens is 1. The van der Waals surface area contributed by atoms with E-state index in [2.05, 4.69) is 31.7 Å². The number of anilines is 2. The Morgan fingerprint density at radius 3 is 2.88 bits per heavy atom. The normalized spacial score (nSPS) is 10.0. The molecule has 0 radical (unpaired) electrons. The highest BCUT2D eigenvalue weighted by atomic mass is 79.9. The van der Waals surface area contributed by atoms with Gasteiger partial charge in [0.15, 0.2) is 0 Å². The lowest BCUT2D eigenvalue weighted by Gasteiger charge is -2.08. The fourth-order valence-corrected chi connectivity index (χ4v) is 2.56. The second-order valence-corrected chi connectivity index (χ2v) is 5.36. The molecule has 1 aromatic carbocycles. The molecular formula is C12H10BrN3S. The molecule has 0 unspecified atom stereocenters. The van der Waals surface area contributed by atoms with Crippen molar-refractivity contribution in [3.8, 4) is 6.07 Å². The molecule has 1 heterocycles. The average Bonchev–Trinajstić information content (AvgIpc) is 2.64. The van der Waals surface area contributed by atoms with Gasteiger partial charge in [-0.2, -0.15) is 9.64 Å². The second kappa shape index (κ2) is 4.86. The molecule has 5 heteroatoms. The van der Waals surface area contributed by atoms with Crippen molar-refractivity contribution >= 4 is 38.2 Å². The fourth-order valence-electron chi connectivity index (χ4n) is 1.44. The molecule has 0 spiro atoms. The first-order valence-corrected chi connectivity index (χ1v) is 6.58. The third kappa shape index (κ3) is 2.48. The zero-order chi connectivity index (χ0) is 12.4. The van der Waals surface area contributed by atoms with Crippen molar-refractivity contribution in [1.29, 1.82) is 5.26 Å². The lowest BCUT2D eigenvalue weighted by Crippen LogP contribution is -1.93. The van der Waals surface area contributed by atoms with Gasteiger partial charge >= 0.3 is 0 Å². The first kappa shape index (κ1) is 12.1. The summed E-state index contributed by atoms with van der Waals surface area (Å²) in [5.41, 5.74) is 3.50. The summed E-state index contributed by atoms with van der Waals surface area (Å²) < 4.78 is 5.19. The van der Waals surface area contributed by atoms with Crippen molar-refractivity contribution in [3.63, 3.8) is 0 Å². The summed E-state index contributed by atoms with van der Waals surface area (Å²) in [6, 6.07) is 8.17. The highest BCUT2D eigenvalue weighted by Gasteiger charge is 2.11. The molecule has 0 aliphatic heterocycles. The number of hydrogen-bond acceptors (Lipinski definition) is 4. The van der Waals surface area contributed by atoms with Gasteiger partial charge in [0.2, 0.25) is 0 Å². The maximum Gasteiger partial charge on any atom is 0.132 e. The standard InChI is InChI=1S/C12H10BrN3S/c1-7-3-4-9(13)5-11(7)15-12-10(6-14)8(2)16-17-12/h3-5,15H,1-2H3. The topological polar surface area (TPSA) is 48.7 Å². The molecule has 0 aliphatic rings. The van der Waals surface area contributed by atoms with E-state index >= 15 is 0 Å². The Kier molecular flexibility index (Phi) is 3.46. The van der Waals surface area contributed by atoms with Crippen LogP contribution in [0.15, 0.2) is 22.7 Å². The van der Waals surface area contributed by atoms with Gasteiger partial charge in [-0.05, 0) is 43.1 Å². The van der Waals surface area contributed by atoms with Crippen LogP contribution in [0.4, 0.5) is 10.7 Å². The van der Waals surface area contributed by atoms with Crippen LogP contribution < -0.4 is 5.32 Å². The van der Waals surface area contributed by atoms with Crippen molar-refractivity contribution in [3.05, 3.63) is 39.5 Å². The minimum Gasteiger partial charge on any atom is -0.345 e. The molecular weight excluding hydrogens is 298 g/mol. The highest BCUT2D eigenvalue weighted by molar-refractivity contribution is 9.10. The Balaban J connectivity index is 2.38. The molecule has 0 bridgehead atoms. The number of aromatic nitrogens is 1. The third-order valence-corrected chi connectivity index (χ3v) is 3.77. The zero-order valence-corrected chi connectivity index (χ0v) is 11.8. The molecule has 2 aromatic rings. The van der Waals surface area contributed by atoms with E-state index in [1.54, 1.807) is 0 Å². The molecule has 0 aliphatic carbocycles. The van der Waals surface area contributed by atoms with Gasteiger partial charge in [0.25, 0.3) is 0 Å². The zero-order valence-electron chi connectivity index (χ0n) is 9.41. The molecule has 1 aromatic heterocycles. The van der Waals surface area contributed by atoms with Crippen LogP contribution in [0.25, 0.3) is 0 Å². The maximum atomic E-state index is 9.06. The largest absolute Gasteiger partial charge is 0.345 e. The molecule has 0 amide bonds. The van der Waals surface area contributed by atoms with Crippen LogP contribution in [0.3, 0.4) is 0 Å². The predicted molar refractivity (Wildman–Crippen MR) is 73.7 cm³/mol. The van der Waals surface area contributed by atoms with E-state index in [1.807, 2.05) is 32.0 Å². The number of benzene rings is 1. The minimum atomic E-state index is 0.620. The highest BCUT2D eigenvalue weighted by Crippen LogP contribution is 2.30. The van der Waals surface area contributed by atoms with E-state index in [0.29, 0.717) is 5.56 Å². The van der Waals surface area contributed by atoms with Crippen LogP contribution >= 0.6 is 27.5 Å². The molecule has 0 saturated carbocycles. The van der Waals surface area contributed by atoms with Gasteiger partial charge < -0.3 is 5.32 Å². The molecule has 2 rings (SSSR count).